The van der Waals surface area contributed by atoms with E-state index in [1.807, 2.05) is 0 Å². The van der Waals surface area contributed by atoms with Crippen LogP contribution in [0.3, 0.4) is 0 Å². The van der Waals surface area contributed by atoms with Gasteiger partial charge in [0, 0.05) is 31.9 Å². The molecule has 0 atom stereocenters. The van der Waals surface area contributed by atoms with Gasteiger partial charge in [0.1, 0.15) is 22.3 Å². The van der Waals surface area contributed by atoms with E-state index in [-0.39, 0.29) is 20.7 Å². The molecule has 0 aliphatic carbocycles. The van der Waals surface area contributed by atoms with Crippen molar-refractivity contribution in [1.29, 1.82) is 0 Å². The molecule has 0 amide bonds. The molecule has 4 N–H and O–H groups in total. The number of carbonyl (C=O) groups excluding carboxylic acids is 1. The number of sulfonamides is 1. The minimum Gasteiger partial charge on any atom is -0.382 e. The smallest absolute Gasteiger partial charge is 0.243 e. The molecule has 8 nitrogen and oxygen atoms in total. The zero-order chi connectivity index (χ0) is 22.9. The number of thiazole rings is 1. The van der Waals surface area contributed by atoms with Crippen LogP contribution >= 0.6 is 11.3 Å². The number of rotatable bonds is 6. The maximum atomic E-state index is 14.0. The fourth-order valence-corrected chi connectivity index (χ4v) is 5.54. The highest BCUT2D eigenvalue weighted by Crippen LogP contribution is 2.31. The summed E-state index contributed by atoms with van der Waals surface area (Å²) in [5.41, 5.74) is 5.61. The van der Waals surface area contributed by atoms with Crippen molar-refractivity contribution in [2.45, 2.75) is 4.90 Å². The van der Waals surface area contributed by atoms with E-state index in [1.54, 1.807) is 12.1 Å². The van der Waals surface area contributed by atoms with Gasteiger partial charge in [-0.15, -0.1) is 0 Å². The molecule has 0 saturated carbocycles. The van der Waals surface area contributed by atoms with Crippen LogP contribution in [0.4, 0.5) is 25.4 Å². The topological polar surface area (TPSA) is 117 Å². The van der Waals surface area contributed by atoms with Gasteiger partial charge in [-0.2, -0.15) is 4.31 Å². The summed E-state index contributed by atoms with van der Waals surface area (Å²) in [4.78, 5) is 16.7. The molecular formula is C20H19F2N5O3S2. The zero-order valence-corrected chi connectivity index (χ0v) is 18.3. The number of nitrogens with two attached hydrogens (primary N) is 1. The van der Waals surface area contributed by atoms with Crippen LogP contribution in [0.5, 0.6) is 0 Å². The third kappa shape index (κ3) is 4.35. The Hall–Kier alpha value is -2.93. The first-order chi connectivity index (χ1) is 15.3. The molecule has 168 valence electrons. The molecule has 1 saturated heterocycles. The molecule has 2 aromatic carbocycles. The van der Waals surface area contributed by atoms with Crippen molar-refractivity contribution < 1.29 is 22.0 Å². The van der Waals surface area contributed by atoms with Crippen molar-refractivity contribution in [2.24, 2.45) is 0 Å². The first-order valence-electron chi connectivity index (χ1n) is 9.60. The minimum atomic E-state index is -3.59. The number of hydrogen-bond acceptors (Lipinski definition) is 8. The van der Waals surface area contributed by atoms with Crippen LogP contribution in [-0.4, -0.2) is 49.7 Å². The van der Waals surface area contributed by atoms with Gasteiger partial charge in [-0.05, 0) is 36.4 Å². The first-order valence-corrected chi connectivity index (χ1v) is 11.9. The lowest BCUT2D eigenvalue weighted by molar-refractivity contribution is 0.103. The van der Waals surface area contributed by atoms with E-state index in [2.05, 4.69) is 15.6 Å². The number of carbonyl (C=O) groups is 1. The molecule has 2 heterocycles. The summed E-state index contributed by atoms with van der Waals surface area (Å²) in [6.45, 7) is 2.00. The van der Waals surface area contributed by atoms with Crippen LogP contribution < -0.4 is 16.4 Å². The first kappa shape index (κ1) is 22.3. The highest BCUT2D eigenvalue weighted by atomic mass is 32.2. The highest BCUT2D eigenvalue weighted by molar-refractivity contribution is 7.89. The Labute approximate surface area is 187 Å². The SMILES string of the molecule is Nc1nc(Nc2ccc(S(=O)(=O)N3CCNCC3)cc2)sc1C(=O)c1c(F)cccc1F. The van der Waals surface area contributed by atoms with Crippen molar-refractivity contribution in [3.8, 4) is 0 Å². The number of halogens is 2. The van der Waals surface area contributed by atoms with Crippen LogP contribution in [0.15, 0.2) is 47.4 Å². The molecule has 1 aliphatic heterocycles. The maximum Gasteiger partial charge on any atom is 0.243 e. The quantitative estimate of drug-likeness (QED) is 0.465. The van der Waals surface area contributed by atoms with E-state index in [0.717, 1.165) is 29.5 Å². The normalized spacial score (nSPS) is 14.9. The van der Waals surface area contributed by atoms with Gasteiger partial charge in [-0.1, -0.05) is 17.4 Å². The number of nitrogen functional groups attached to an aromatic ring is 1. The average Bonchev–Trinajstić information content (AvgIpc) is 3.14. The van der Waals surface area contributed by atoms with E-state index in [9.17, 15) is 22.0 Å². The van der Waals surface area contributed by atoms with E-state index < -0.39 is 33.0 Å². The van der Waals surface area contributed by atoms with E-state index >= 15 is 0 Å². The molecule has 1 aliphatic rings. The molecule has 3 aromatic rings. The number of piperazine rings is 1. The molecule has 0 unspecified atom stereocenters. The van der Waals surface area contributed by atoms with Gasteiger partial charge in [-0.3, -0.25) is 4.79 Å². The van der Waals surface area contributed by atoms with Gasteiger partial charge in [0.15, 0.2) is 5.13 Å². The number of hydrogen-bond donors (Lipinski definition) is 3. The molecule has 12 heteroatoms. The van der Waals surface area contributed by atoms with Gasteiger partial charge in [0.2, 0.25) is 15.8 Å². The van der Waals surface area contributed by atoms with Crippen LogP contribution in [0.25, 0.3) is 0 Å². The van der Waals surface area contributed by atoms with Crippen molar-refractivity contribution in [3.05, 3.63) is 64.5 Å². The molecule has 0 radical (unpaired) electrons. The Morgan fingerprint density at radius 3 is 2.34 bits per heavy atom. The Balaban J connectivity index is 1.52. The Kier molecular flexibility index (Phi) is 6.20. The van der Waals surface area contributed by atoms with Crippen molar-refractivity contribution >= 4 is 43.8 Å². The molecule has 1 fully saturated rings. The zero-order valence-electron chi connectivity index (χ0n) is 16.6. The molecule has 4 rings (SSSR count). The lowest BCUT2D eigenvalue weighted by atomic mass is 10.1. The standard InChI is InChI=1S/C20H19F2N5O3S2/c21-14-2-1-3-15(22)16(14)17(28)18-19(23)26-20(31-18)25-12-4-6-13(7-5-12)32(29,30)27-10-8-24-9-11-27/h1-7,24H,8-11,23H2,(H,25,26). The van der Waals surface area contributed by atoms with Gasteiger partial charge < -0.3 is 16.4 Å². The number of nitrogens with zero attached hydrogens (tertiary/aromatic N) is 2. The van der Waals surface area contributed by atoms with Gasteiger partial charge in [0.05, 0.1) is 10.5 Å². The second-order valence-electron chi connectivity index (χ2n) is 6.96. The van der Waals surface area contributed by atoms with Gasteiger partial charge in [0.25, 0.3) is 0 Å². The van der Waals surface area contributed by atoms with Crippen LogP contribution in [0.2, 0.25) is 0 Å². The minimum absolute atomic E-state index is 0.102. The highest BCUT2D eigenvalue weighted by Gasteiger charge is 2.26. The third-order valence-corrected chi connectivity index (χ3v) is 7.77. The average molecular weight is 480 g/mol. The summed E-state index contributed by atoms with van der Waals surface area (Å²) in [6, 6.07) is 9.20. The second-order valence-corrected chi connectivity index (χ2v) is 9.90. The number of ketones is 1. The van der Waals surface area contributed by atoms with Crippen molar-refractivity contribution in [3.63, 3.8) is 0 Å². The lowest BCUT2D eigenvalue weighted by Gasteiger charge is -2.26. The van der Waals surface area contributed by atoms with Crippen molar-refractivity contribution in [2.75, 3.05) is 37.2 Å². The fraction of sp³-hybridized carbons (Fsp3) is 0.200. The second kappa shape index (κ2) is 8.90. The Morgan fingerprint density at radius 2 is 1.72 bits per heavy atom. The molecule has 1 aromatic heterocycles. The predicted molar refractivity (Wildman–Crippen MR) is 118 cm³/mol. The van der Waals surface area contributed by atoms with Gasteiger partial charge >= 0.3 is 0 Å². The number of aromatic nitrogens is 1. The molecule has 0 bridgehead atoms. The van der Waals surface area contributed by atoms with Gasteiger partial charge in [-0.25, -0.2) is 22.2 Å². The van der Waals surface area contributed by atoms with Crippen LogP contribution in [0.1, 0.15) is 15.2 Å². The summed E-state index contributed by atoms with van der Waals surface area (Å²) in [7, 11) is -3.59. The summed E-state index contributed by atoms with van der Waals surface area (Å²) < 4.78 is 54.8. The molecule has 0 spiro atoms. The lowest BCUT2D eigenvalue weighted by Crippen LogP contribution is -2.46. The largest absolute Gasteiger partial charge is 0.382 e. The summed E-state index contributed by atoms with van der Waals surface area (Å²) in [5.74, 6) is -3.04. The Morgan fingerprint density at radius 1 is 1.09 bits per heavy atom. The fourth-order valence-electron chi connectivity index (χ4n) is 3.24. The number of nitrogens with one attached hydrogen (secondary N) is 2. The summed E-state index contributed by atoms with van der Waals surface area (Å²) in [5, 5.41) is 6.26. The van der Waals surface area contributed by atoms with E-state index in [0.29, 0.717) is 31.9 Å². The van der Waals surface area contributed by atoms with Crippen LogP contribution in [0, 0.1) is 11.6 Å². The summed E-state index contributed by atoms with van der Waals surface area (Å²) >= 11 is 0.844. The number of benzene rings is 2. The van der Waals surface area contributed by atoms with E-state index in [4.69, 9.17) is 5.73 Å². The Bertz CT molecular complexity index is 1240. The maximum absolute atomic E-state index is 14.0. The number of anilines is 3. The third-order valence-electron chi connectivity index (χ3n) is 4.87. The molecular weight excluding hydrogens is 460 g/mol. The summed E-state index contributed by atoms with van der Waals surface area (Å²) in [6.07, 6.45) is 0. The predicted octanol–water partition coefficient (Wildman–Crippen LogP) is 2.57. The van der Waals surface area contributed by atoms with E-state index in [1.165, 1.54) is 16.4 Å². The molecule has 32 heavy (non-hydrogen) atoms. The van der Waals surface area contributed by atoms with Crippen molar-refractivity contribution in [1.82, 2.24) is 14.6 Å². The van der Waals surface area contributed by atoms with Crippen LogP contribution in [-0.2, 0) is 10.0 Å². The monoisotopic (exact) mass is 479 g/mol.